The molecule has 1 unspecified atom stereocenters. The molecule has 1 aliphatic rings. The number of nitrogens with zero attached hydrogens (tertiary/aromatic N) is 1. The van der Waals surface area contributed by atoms with Crippen molar-refractivity contribution in [1.29, 1.82) is 0 Å². The highest BCUT2D eigenvalue weighted by Gasteiger charge is 2.09. The Morgan fingerprint density at radius 2 is 2.07 bits per heavy atom. The fourth-order valence-corrected chi connectivity index (χ4v) is 2.02. The Morgan fingerprint density at radius 3 is 2.73 bits per heavy atom. The summed E-state index contributed by atoms with van der Waals surface area (Å²) in [5.41, 5.74) is 0. The Morgan fingerprint density at radius 1 is 1.33 bits per heavy atom. The molecule has 15 heavy (non-hydrogen) atoms. The van der Waals surface area contributed by atoms with E-state index in [1.807, 2.05) is 6.08 Å². The smallest absolute Gasteiger partial charge is 0.0685 e. The highest BCUT2D eigenvalue weighted by Crippen LogP contribution is 2.12. The van der Waals surface area contributed by atoms with E-state index in [4.69, 9.17) is 4.84 Å². The van der Waals surface area contributed by atoms with Crippen molar-refractivity contribution in [2.24, 2.45) is 5.92 Å². The average molecular weight is 211 g/mol. The minimum atomic E-state index is 0.757. The first kappa shape index (κ1) is 12.7. The summed E-state index contributed by atoms with van der Waals surface area (Å²) < 4.78 is 0. The number of hydrogen-bond acceptors (Lipinski definition) is 2. The fourth-order valence-electron chi connectivity index (χ4n) is 2.02. The van der Waals surface area contributed by atoms with Gasteiger partial charge in [0.05, 0.1) is 6.61 Å². The lowest BCUT2D eigenvalue weighted by Crippen LogP contribution is -2.30. The highest BCUT2D eigenvalue weighted by molar-refractivity contribution is 4.70. The molecule has 1 aliphatic heterocycles. The molecular weight excluding hydrogens is 186 g/mol. The van der Waals surface area contributed by atoms with Crippen molar-refractivity contribution in [1.82, 2.24) is 5.06 Å². The molecule has 0 aromatic rings. The van der Waals surface area contributed by atoms with Crippen molar-refractivity contribution in [3.05, 3.63) is 12.7 Å². The van der Waals surface area contributed by atoms with E-state index < -0.39 is 0 Å². The maximum Gasteiger partial charge on any atom is 0.0685 e. The van der Waals surface area contributed by atoms with Gasteiger partial charge in [-0.3, -0.25) is 4.84 Å². The lowest BCUT2D eigenvalue weighted by molar-refractivity contribution is -0.169. The average Bonchev–Trinajstić information content (AvgIpc) is 2.26. The maximum atomic E-state index is 5.72. The van der Waals surface area contributed by atoms with E-state index in [2.05, 4.69) is 18.6 Å². The van der Waals surface area contributed by atoms with Crippen LogP contribution in [0, 0.1) is 5.92 Å². The Bertz CT molecular complexity index is 164. The third-order valence-electron chi connectivity index (χ3n) is 3.00. The van der Waals surface area contributed by atoms with Gasteiger partial charge in [0, 0.05) is 13.1 Å². The largest absolute Gasteiger partial charge is 0.299 e. The fraction of sp³-hybridized carbons (Fsp3) is 0.846. The van der Waals surface area contributed by atoms with Crippen LogP contribution >= 0.6 is 0 Å². The van der Waals surface area contributed by atoms with Crippen molar-refractivity contribution in [3.63, 3.8) is 0 Å². The molecule has 2 heteroatoms. The van der Waals surface area contributed by atoms with Gasteiger partial charge in [0.1, 0.15) is 0 Å². The number of piperidine rings is 1. The SMILES string of the molecule is C=CCC(C)CCCON1CCCCC1. The van der Waals surface area contributed by atoms with Gasteiger partial charge in [-0.2, -0.15) is 5.06 Å². The summed E-state index contributed by atoms with van der Waals surface area (Å²) in [6.45, 7) is 9.19. The molecule has 0 saturated carbocycles. The zero-order chi connectivity index (χ0) is 10.9. The maximum absolute atomic E-state index is 5.72. The van der Waals surface area contributed by atoms with Gasteiger partial charge in [0.15, 0.2) is 0 Å². The lowest BCUT2D eigenvalue weighted by Gasteiger charge is -2.25. The van der Waals surface area contributed by atoms with Crippen LogP contribution in [-0.4, -0.2) is 24.8 Å². The normalized spacial score (nSPS) is 20.1. The van der Waals surface area contributed by atoms with Crippen LogP contribution < -0.4 is 0 Å². The summed E-state index contributed by atoms with van der Waals surface area (Å²) in [5, 5.41) is 2.14. The number of allylic oxidation sites excluding steroid dienone is 1. The van der Waals surface area contributed by atoms with Crippen molar-refractivity contribution in [3.8, 4) is 0 Å². The summed E-state index contributed by atoms with van der Waals surface area (Å²) in [5.74, 6) is 0.757. The van der Waals surface area contributed by atoms with E-state index in [9.17, 15) is 0 Å². The third kappa shape index (κ3) is 5.95. The summed E-state index contributed by atoms with van der Waals surface area (Å²) in [6, 6.07) is 0. The van der Waals surface area contributed by atoms with E-state index in [1.54, 1.807) is 0 Å². The first-order valence-corrected chi connectivity index (χ1v) is 6.31. The van der Waals surface area contributed by atoms with Crippen LogP contribution in [0.15, 0.2) is 12.7 Å². The van der Waals surface area contributed by atoms with E-state index in [0.29, 0.717) is 0 Å². The van der Waals surface area contributed by atoms with Gasteiger partial charge >= 0.3 is 0 Å². The second-order valence-corrected chi connectivity index (χ2v) is 4.59. The van der Waals surface area contributed by atoms with Gasteiger partial charge in [-0.1, -0.05) is 19.4 Å². The molecule has 1 heterocycles. The zero-order valence-electron chi connectivity index (χ0n) is 10.1. The quantitative estimate of drug-likeness (QED) is 0.473. The second kappa shape index (κ2) is 7.89. The molecule has 1 rings (SSSR count). The van der Waals surface area contributed by atoms with Gasteiger partial charge < -0.3 is 0 Å². The van der Waals surface area contributed by atoms with Crippen molar-refractivity contribution in [2.45, 2.75) is 45.4 Å². The molecule has 0 aromatic carbocycles. The van der Waals surface area contributed by atoms with E-state index in [1.165, 1.54) is 32.1 Å². The Hall–Kier alpha value is -0.340. The van der Waals surface area contributed by atoms with E-state index in [-0.39, 0.29) is 0 Å². The molecular formula is C13H25NO. The van der Waals surface area contributed by atoms with E-state index in [0.717, 1.165) is 32.0 Å². The third-order valence-corrected chi connectivity index (χ3v) is 3.00. The molecule has 0 radical (unpaired) electrons. The number of hydroxylamine groups is 2. The van der Waals surface area contributed by atoms with Gasteiger partial charge in [0.25, 0.3) is 0 Å². The van der Waals surface area contributed by atoms with Crippen LogP contribution in [0.5, 0.6) is 0 Å². The molecule has 1 saturated heterocycles. The topological polar surface area (TPSA) is 12.5 Å². The lowest BCUT2D eigenvalue weighted by atomic mass is 10.0. The number of hydrogen-bond donors (Lipinski definition) is 0. The first-order valence-electron chi connectivity index (χ1n) is 6.31. The van der Waals surface area contributed by atoms with Crippen molar-refractivity contribution >= 4 is 0 Å². The van der Waals surface area contributed by atoms with Crippen LogP contribution in [0.4, 0.5) is 0 Å². The standard InChI is InChI=1S/C13H25NO/c1-3-8-13(2)9-7-12-15-14-10-5-4-6-11-14/h3,13H,1,4-12H2,2H3. The van der Waals surface area contributed by atoms with Crippen molar-refractivity contribution < 1.29 is 4.84 Å². The van der Waals surface area contributed by atoms with Gasteiger partial charge in [-0.25, -0.2) is 0 Å². The minimum absolute atomic E-state index is 0.757. The van der Waals surface area contributed by atoms with E-state index >= 15 is 0 Å². The van der Waals surface area contributed by atoms with Gasteiger partial charge in [0.2, 0.25) is 0 Å². The van der Waals surface area contributed by atoms with Gasteiger partial charge in [-0.05, 0) is 38.0 Å². The monoisotopic (exact) mass is 211 g/mol. The Labute approximate surface area is 94.3 Å². The first-order chi connectivity index (χ1) is 7.33. The molecule has 2 nitrogen and oxygen atoms in total. The molecule has 0 amide bonds. The van der Waals surface area contributed by atoms with Crippen LogP contribution in [0.25, 0.3) is 0 Å². The molecule has 0 N–H and O–H groups in total. The summed E-state index contributed by atoms with van der Waals surface area (Å²) in [4.78, 5) is 5.72. The molecule has 0 bridgehead atoms. The van der Waals surface area contributed by atoms with Crippen LogP contribution in [0.1, 0.15) is 45.4 Å². The van der Waals surface area contributed by atoms with Crippen LogP contribution in [-0.2, 0) is 4.84 Å². The minimum Gasteiger partial charge on any atom is -0.299 e. The van der Waals surface area contributed by atoms with Gasteiger partial charge in [-0.15, -0.1) is 6.58 Å². The second-order valence-electron chi connectivity index (χ2n) is 4.59. The predicted molar refractivity (Wildman–Crippen MR) is 64.6 cm³/mol. The summed E-state index contributed by atoms with van der Waals surface area (Å²) in [6.07, 6.45) is 9.53. The molecule has 0 spiro atoms. The molecule has 0 aliphatic carbocycles. The summed E-state index contributed by atoms with van der Waals surface area (Å²) >= 11 is 0. The molecule has 0 aromatic heterocycles. The van der Waals surface area contributed by atoms with Crippen LogP contribution in [0.3, 0.4) is 0 Å². The molecule has 1 atom stereocenters. The zero-order valence-corrected chi connectivity index (χ0v) is 10.1. The molecule has 1 fully saturated rings. The summed E-state index contributed by atoms with van der Waals surface area (Å²) in [7, 11) is 0. The Balaban J connectivity index is 1.93. The molecule has 88 valence electrons. The van der Waals surface area contributed by atoms with Crippen LogP contribution in [0.2, 0.25) is 0 Å². The number of rotatable bonds is 7. The highest BCUT2D eigenvalue weighted by atomic mass is 16.7. The van der Waals surface area contributed by atoms with Crippen molar-refractivity contribution in [2.75, 3.05) is 19.7 Å². The predicted octanol–water partition coefficient (Wildman–Crippen LogP) is 3.40. The Kier molecular flexibility index (Phi) is 6.69.